The van der Waals surface area contributed by atoms with E-state index in [2.05, 4.69) is 25.1 Å². The van der Waals surface area contributed by atoms with Gasteiger partial charge in [0, 0.05) is 37.8 Å². The summed E-state index contributed by atoms with van der Waals surface area (Å²) >= 11 is 0. The third kappa shape index (κ3) is 4.05. The van der Waals surface area contributed by atoms with Crippen molar-refractivity contribution < 1.29 is 22.7 Å². The van der Waals surface area contributed by atoms with Crippen LogP contribution in [0.4, 0.5) is 8.78 Å². The van der Waals surface area contributed by atoms with Gasteiger partial charge in [0.15, 0.2) is 5.82 Å². The van der Waals surface area contributed by atoms with E-state index in [9.17, 15) is 13.6 Å². The molecule has 1 saturated carbocycles. The van der Waals surface area contributed by atoms with E-state index in [-0.39, 0.29) is 37.0 Å². The van der Waals surface area contributed by atoms with Crippen LogP contribution < -0.4 is 0 Å². The molecule has 0 aromatic carbocycles. The molecule has 8 nitrogen and oxygen atoms in total. The van der Waals surface area contributed by atoms with Crippen LogP contribution >= 0.6 is 0 Å². The first-order chi connectivity index (χ1) is 13.4. The Morgan fingerprint density at radius 2 is 1.82 bits per heavy atom. The molecular formula is C18H23F2N5O3. The Kier molecular flexibility index (Phi) is 5.11. The van der Waals surface area contributed by atoms with Crippen molar-refractivity contribution in [3.05, 3.63) is 23.1 Å². The molecule has 0 atom stereocenters. The number of halogens is 2. The lowest BCUT2D eigenvalue weighted by Crippen LogP contribution is -2.39. The number of hydrogen-bond acceptors (Lipinski definition) is 7. The summed E-state index contributed by atoms with van der Waals surface area (Å²) in [6.07, 6.45) is 2.16. The van der Waals surface area contributed by atoms with E-state index < -0.39 is 5.92 Å². The number of aryl methyl sites for hydroxylation is 1. The number of rotatable bonds is 4. The topological polar surface area (TPSA) is 98.2 Å². The van der Waals surface area contributed by atoms with Crippen LogP contribution in [0.5, 0.6) is 0 Å². The Bertz CT molecular complexity index is 819. The second-order valence-corrected chi connectivity index (χ2v) is 7.75. The van der Waals surface area contributed by atoms with Crippen LogP contribution in [0.25, 0.3) is 0 Å². The molecule has 1 aliphatic carbocycles. The van der Waals surface area contributed by atoms with Gasteiger partial charge in [-0.3, -0.25) is 4.79 Å². The highest BCUT2D eigenvalue weighted by atomic mass is 19.3. The van der Waals surface area contributed by atoms with E-state index in [1.807, 2.05) is 0 Å². The van der Waals surface area contributed by atoms with E-state index in [1.165, 1.54) is 0 Å². The number of nitrogens with zero attached hydrogens (tertiary/aromatic N) is 5. The molecule has 1 amide bonds. The van der Waals surface area contributed by atoms with Crippen LogP contribution in [0.1, 0.15) is 73.5 Å². The number of carbonyl (C=O) groups excluding carboxylic acids is 1. The molecule has 28 heavy (non-hydrogen) atoms. The summed E-state index contributed by atoms with van der Waals surface area (Å²) in [5, 5.41) is 11.5. The summed E-state index contributed by atoms with van der Waals surface area (Å²) < 4.78 is 36.7. The van der Waals surface area contributed by atoms with E-state index in [0.717, 1.165) is 12.8 Å². The van der Waals surface area contributed by atoms with Gasteiger partial charge < -0.3 is 9.42 Å². The normalized spacial score (nSPS) is 21.2. The molecule has 0 N–H and O–H groups in total. The van der Waals surface area contributed by atoms with Gasteiger partial charge in [0.25, 0.3) is 0 Å². The van der Waals surface area contributed by atoms with E-state index in [0.29, 0.717) is 49.0 Å². The van der Waals surface area contributed by atoms with Crippen molar-refractivity contribution in [2.24, 2.45) is 0 Å². The van der Waals surface area contributed by atoms with E-state index >= 15 is 0 Å². The van der Waals surface area contributed by atoms with E-state index in [1.54, 1.807) is 11.8 Å². The zero-order valence-corrected chi connectivity index (χ0v) is 15.7. The number of alkyl halides is 2. The van der Waals surface area contributed by atoms with Gasteiger partial charge >= 0.3 is 0 Å². The Morgan fingerprint density at radius 1 is 1.11 bits per heavy atom. The zero-order chi connectivity index (χ0) is 19.7. The highest BCUT2D eigenvalue weighted by Crippen LogP contribution is 2.40. The first kappa shape index (κ1) is 18.9. The van der Waals surface area contributed by atoms with Crippen molar-refractivity contribution in [2.45, 2.75) is 69.6 Å². The number of carbonyl (C=O) groups is 1. The summed E-state index contributed by atoms with van der Waals surface area (Å²) in [4.78, 5) is 18.7. The van der Waals surface area contributed by atoms with Crippen molar-refractivity contribution in [3.8, 4) is 0 Å². The number of aromatic nitrogens is 4. The molecule has 152 valence electrons. The second kappa shape index (κ2) is 7.56. The lowest BCUT2D eigenvalue weighted by atomic mass is 9.86. The maximum Gasteiger partial charge on any atom is 0.248 e. The number of piperidine rings is 1. The van der Waals surface area contributed by atoms with Crippen LogP contribution in [0.15, 0.2) is 9.15 Å². The molecule has 1 saturated heterocycles. The standard InChI is InChI=1S/C18H23F2N5O3/c1-11-14(23-28-22-11)10-15(26)25-8-4-13(5-9-25)17-21-16(24-27-17)12-2-6-18(19,20)7-3-12/h12-13H,2-10H2,1H3. The third-order valence-corrected chi connectivity index (χ3v) is 5.80. The molecule has 2 aliphatic rings. The molecule has 2 aromatic rings. The Hall–Kier alpha value is -2.39. The quantitative estimate of drug-likeness (QED) is 0.785. The molecule has 0 bridgehead atoms. The summed E-state index contributed by atoms with van der Waals surface area (Å²) in [6, 6.07) is 0. The van der Waals surface area contributed by atoms with Gasteiger partial charge in [-0.15, -0.1) is 0 Å². The van der Waals surface area contributed by atoms with Gasteiger partial charge in [-0.2, -0.15) is 4.98 Å². The SMILES string of the molecule is Cc1nonc1CC(=O)N1CCC(c2nc(C3CCC(F)(F)CC3)no2)CC1. The summed E-state index contributed by atoms with van der Waals surface area (Å²) in [6.45, 7) is 2.95. The van der Waals surface area contributed by atoms with Crippen molar-refractivity contribution in [2.75, 3.05) is 13.1 Å². The Labute approximate surface area is 160 Å². The van der Waals surface area contributed by atoms with Crippen molar-refractivity contribution in [1.29, 1.82) is 0 Å². The maximum absolute atomic E-state index is 13.3. The molecule has 3 heterocycles. The summed E-state index contributed by atoms with van der Waals surface area (Å²) in [7, 11) is 0. The molecule has 10 heteroatoms. The predicted molar refractivity (Wildman–Crippen MR) is 91.7 cm³/mol. The van der Waals surface area contributed by atoms with Gasteiger partial charge in [-0.05, 0) is 32.6 Å². The maximum atomic E-state index is 13.3. The van der Waals surface area contributed by atoms with Gasteiger partial charge in [0.05, 0.1) is 6.42 Å². The minimum Gasteiger partial charge on any atom is -0.342 e. The van der Waals surface area contributed by atoms with Crippen molar-refractivity contribution in [3.63, 3.8) is 0 Å². The highest BCUT2D eigenvalue weighted by molar-refractivity contribution is 5.78. The Morgan fingerprint density at radius 3 is 2.46 bits per heavy atom. The predicted octanol–water partition coefficient (Wildman–Crippen LogP) is 3.00. The van der Waals surface area contributed by atoms with Crippen LogP contribution in [0.2, 0.25) is 0 Å². The lowest BCUT2D eigenvalue weighted by molar-refractivity contribution is -0.131. The van der Waals surface area contributed by atoms with E-state index in [4.69, 9.17) is 4.52 Å². The largest absolute Gasteiger partial charge is 0.342 e. The fraction of sp³-hybridized carbons (Fsp3) is 0.722. The van der Waals surface area contributed by atoms with Crippen LogP contribution in [0.3, 0.4) is 0 Å². The molecule has 2 aromatic heterocycles. The minimum atomic E-state index is -2.57. The zero-order valence-electron chi connectivity index (χ0n) is 15.7. The number of hydrogen-bond donors (Lipinski definition) is 0. The molecular weight excluding hydrogens is 372 g/mol. The fourth-order valence-electron chi connectivity index (χ4n) is 3.92. The van der Waals surface area contributed by atoms with Gasteiger partial charge in [0.1, 0.15) is 11.4 Å². The smallest absolute Gasteiger partial charge is 0.248 e. The van der Waals surface area contributed by atoms with Crippen molar-refractivity contribution >= 4 is 5.91 Å². The fourth-order valence-corrected chi connectivity index (χ4v) is 3.92. The van der Waals surface area contributed by atoms with Crippen molar-refractivity contribution in [1.82, 2.24) is 25.4 Å². The van der Waals surface area contributed by atoms with Crippen LogP contribution in [-0.2, 0) is 11.2 Å². The molecule has 1 aliphatic heterocycles. The summed E-state index contributed by atoms with van der Waals surface area (Å²) in [5.74, 6) is -1.45. The molecule has 0 radical (unpaired) electrons. The third-order valence-electron chi connectivity index (χ3n) is 5.80. The van der Waals surface area contributed by atoms with Crippen LogP contribution in [0, 0.1) is 6.92 Å². The second-order valence-electron chi connectivity index (χ2n) is 7.75. The van der Waals surface area contributed by atoms with Gasteiger partial charge in [0.2, 0.25) is 17.7 Å². The molecule has 4 rings (SSSR count). The van der Waals surface area contributed by atoms with Crippen LogP contribution in [-0.4, -0.2) is 50.3 Å². The molecule has 0 spiro atoms. The number of likely N-dealkylation sites (tertiary alicyclic amines) is 1. The first-order valence-corrected chi connectivity index (χ1v) is 9.68. The monoisotopic (exact) mass is 395 g/mol. The molecule has 2 fully saturated rings. The minimum absolute atomic E-state index is 0.00778. The average molecular weight is 395 g/mol. The van der Waals surface area contributed by atoms with Gasteiger partial charge in [-0.25, -0.2) is 13.4 Å². The van der Waals surface area contributed by atoms with Gasteiger partial charge in [-0.1, -0.05) is 15.5 Å². The highest BCUT2D eigenvalue weighted by Gasteiger charge is 2.37. The first-order valence-electron chi connectivity index (χ1n) is 9.68. The Balaban J connectivity index is 1.30. The summed E-state index contributed by atoms with van der Waals surface area (Å²) in [5.41, 5.74) is 1.19. The number of amides is 1. The average Bonchev–Trinajstić information content (AvgIpc) is 3.32. The lowest BCUT2D eigenvalue weighted by Gasteiger charge is -2.30. The molecule has 0 unspecified atom stereocenters.